The molecule has 2 aromatic carbocycles. The fourth-order valence-corrected chi connectivity index (χ4v) is 4.11. The number of benzene rings is 2. The molecule has 0 radical (unpaired) electrons. The van der Waals surface area contributed by atoms with E-state index < -0.39 is 0 Å². The van der Waals surface area contributed by atoms with Crippen LogP contribution >= 0.6 is 0 Å². The molecule has 2 heterocycles. The predicted molar refractivity (Wildman–Crippen MR) is 109 cm³/mol. The molecule has 5 rings (SSSR count). The van der Waals surface area contributed by atoms with Crippen LogP contribution in [-0.2, 0) is 4.79 Å². The van der Waals surface area contributed by atoms with E-state index in [4.69, 9.17) is 15.3 Å². The first-order chi connectivity index (χ1) is 14.1. The topological polar surface area (TPSA) is 83.6 Å². The molecule has 0 amide bonds. The highest BCUT2D eigenvalue weighted by Crippen LogP contribution is 2.40. The van der Waals surface area contributed by atoms with Gasteiger partial charge in [-0.25, -0.2) is 4.68 Å². The van der Waals surface area contributed by atoms with Crippen molar-refractivity contribution in [1.29, 1.82) is 5.26 Å². The molecule has 1 aliphatic heterocycles. The van der Waals surface area contributed by atoms with Crippen molar-refractivity contribution in [2.75, 3.05) is 5.32 Å². The van der Waals surface area contributed by atoms with Gasteiger partial charge in [0.25, 0.3) is 0 Å². The lowest BCUT2D eigenvalue weighted by Crippen LogP contribution is -2.31. The number of carbonyl (C=O) groups excluding carboxylic acids is 1. The summed E-state index contributed by atoms with van der Waals surface area (Å²) in [5.41, 5.74) is 5.29. The number of anilines is 1. The Morgan fingerprint density at radius 1 is 1.17 bits per heavy atom. The van der Waals surface area contributed by atoms with Crippen molar-refractivity contribution >= 4 is 11.7 Å². The number of nitrogens with zero attached hydrogens (tertiary/aromatic N) is 4. The second kappa shape index (κ2) is 6.71. The first-order valence-electron chi connectivity index (χ1n) is 9.71. The molecule has 0 fully saturated rings. The average molecular weight is 381 g/mol. The highest BCUT2D eigenvalue weighted by molar-refractivity contribution is 5.99. The Balaban J connectivity index is 1.67. The van der Waals surface area contributed by atoms with Crippen LogP contribution in [0.25, 0.3) is 11.4 Å². The SMILES string of the molecule is Cc1cccc(-c2nc3n(n2)C(c2ccc(C#N)cc2)C2=C(CCCC2=O)N3)c1. The molecule has 6 heteroatoms. The maximum atomic E-state index is 12.9. The minimum absolute atomic E-state index is 0.145. The van der Waals surface area contributed by atoms with Crippen LogP contribution in [0.4, 0.5) is 5.95 Å². The van der Waals surface area contributed by atoms with E-state index in [1.807, 2.05) is 37.3 Å². The van der Waals surface area contributed by atoms with Crippen LogP contribution in [0.1, 0.15) is 42.0 Å². The van der Waals surface area contributed by atoms with Gasteiger partial charge >= 0.3 is 0 Å². The summed E-state index contributed by atoms with van der Waals surface area (Å²) in [6.45, 7) is 2.04. The fraction of sp³-hybridized carbons (Fsp3) is 0.217. The van der Waals surface area contributed by atoms with Gasteiger partial charge in [-0.2, -0.15) is 10.2 Å². The van der Waals surface area contributed by atoms with Crippen molar-refractivity contribution in [3.63, 3.8) is 0 Å². The lowest BCUT2D eigenvalue weighted by molar-refractivity contribution is -0.116. The predicted octanol–water partition coefficient (Wildman–Crippen LogP) is 4.15. The Labute approximate surface area is 168 Å². The van der Waals surface area contributed by atoms with E-state index in [-0.39, 0.29) is 11.8 Å². The van der Waals surface area contributed by atoms with Gasteiger partial charge in [-0.3, -0.25) is 4.79 Å². The van der Waals surface area contributed by atoms with Gasteiger partial charge in [0.2, 0.25) is 5.95 Å². The molecule has 1 N–H and O–H groups in total. The Morgan fingerprint density at radius 3 is 2.76 bits per heavy atom. The summed E-state index contributed by atoms with van der Waals surface area (Å²) in [5.74, 6) is 1.41. The van der Waals surface area contributed by atoms with Gasteiger partial charge in [0.05, 0.1) is 11.6 Å². The third kappa shape index (κ3) is 2.92. The number of ketones is 1. The summed E-state index contributed by atoms with van der Waals surface area (Å²) in [4.78, 5) is 17.6. The summed E-state index contributed by atoms with van der Waals surface area (Å²) in [7, 11) is 0. The lowest BCUT2D eigenvalue weighted by atomic mass is 9.85. The van der Waals surface area contributed by atoms with Crippen LogP contribution in [0, 0.1) is 18.3 Å². The van der Waals surface area contributed by atoms with Crippen LogP contribution in [-0.4, -0.2) is 20.5 Å². The van der Waals surface area contributed by atoms with Crippen molar-refractivity contribution < 1.29 is 4.79 Å². The Bertz CT molecular complexity index is 1200. The van der Waals surface area contributed by atoms with E-state index in [1.54, 1.807) is 16.8 Å². The molecule has 3 aromatic rings. The van der Waals surface area contributed by atoms with Gasteiger partial charge < -0.3 is 5.32 Å². The molecule has 1 aromatic heterocycles. The Morgan fingerprint density at radius 2 is 2.00 bits per heavy atom. The Hall–Kier alpha value is -3.72. The zero-order chi connectivity index (χ0) is 20.0. The lowest BCUT2D eigenvalue weighted by Gasteiger charge is -2.32. The van der Waals surface area contributed by atoms with E-state index in [9.17, 15) is 4.79 Å². The number of fused-ring (bicyclic) bond motifs is 1. The maximum absolute atomic E-state index is 12.9. The van der Waals surface area contributed by atoms with Gasteiger partial charge in [0.1, 0.15) is 6.04 Å². The molecule has 1 unspecified atom stereocenters. The number of aromatic nitrogens is 3. The zero-order valence-electron chi connectivity index (χ0n) is 16.0. The van der Waals surface area contributed by atoms with Gasteiger partial charge in [-0.15, -0.1) is 5.10 Å². The fourth-order valence-electron chi connectivity index (χ4n) is 4.11. The minimum Gasteiger partial charge on any atom is -0.328 e. The minimum atomic E-state index is -0.340. The molecule has 0 saturated heterocycles. The van der Waals surface area contributed by atoms with Crippen molar-refractivity contribution in [3.8, 4) is 17.5 Å². The molecule has 29 heavy (non-hydrogen) atoms. The number of allylic oxidation sites excluding steroid dienone is 2. The summed E-state index contributed by atoms with van der Waals surface area (Å²) in [6.07, 6.45) is 2.20. The number of nitriles is 1. The molecule has 1 atom stereocenters. The van der Waals surface area contributed by atoms with E-state index in [0.29, 0.717) is 23.8 Å². The molecule has 6 nitrogen and oxygen atoms in total. The van der Waals surface area contributed by atoms with Crippen molar-refractivity contribution in [2.24, 2.45) is 0 Å². The van der Waals surface area contributed by atoms with Crippen LogP contribution in [0.5, 0.6) is 0 Å². The molecule has 0 spiro atoms. The normalized spacial score (nSPS) is 17.9. The number of hydrogen-bond donors (Lipinski definition) is 1. The van der Waals surface area contributed by atoms with Gasteiger partial charge in [-0.05, 0) is 43.5 Å². The highest BCUT2D eigenvalue weighted by atomic mass is 16.1. The molecule has 1 aliphatic carbocycles. The van der Waals surface area contributed by atoms with Gasteiger partial charge in [0, 0.05) is 23.3 Å². The molecule has 0 saturated carbocycles. The van der Waals surface area contributed by atoms with Crippen molar-refractivity contribution in [3.05, 3.63) is 76.5 Å². The monoisotopic (exact) mass is 381 g/mol. The second-order valence-corrected chi connectivity index (χ2v) is 7.50. The Kier molecular flexibility index (Phi) is 4.02. The summed E-state index contributed by atoms with van der Waals surface area (Å²) < 4.78 is 1.81. The van der Waals surface area contributed by atoms with Gasteiger partial charge in [0.15, 0.2) is 11.6 Å². The van der Waals surface area contributed by atoms with Crippen LogP contribution in [0.3, 0.4) is 0 Å². The molecule has 0 bridgehead atoms. The highest BCUT2D eigenvalue weighted by Gasteiger charge is 2.36. The number of Topliss-reactive ketones (excluding diaryl/α,β-unsaturated/α-hetero) is 1. The maximum Gasteiger partial charge on any atom is 0.226 e. The van der Waals surface area contributed by atoms with Crippen molar-refractivity contribution in [1.82, 2.24) is 14.8 Å². The van der Waals surface area contributed by atoms with Crippen LogP contribution in [0.15, 0.2) is 59.8 Å². The smallest absolute Gasteiger partial charge is 0.226 e. The van der Waals surface area contributed by atoms with Gasteiger partial charge in [-0.1, -0.05) is 35.9 Å². The second-order valence-electron chi connectivity index (χ2n) is 7.50. The number of nitrogens with one attached hydrogen (secondary N) is 1. The average Bonchev–Trinajstić information content (AvgIpc) is 3.16. The number of rotatable bonds is 2. The number of hydrogen-bond acceptors (Lipinski definition) is 5. The zero-order valence-corrected chi connectivity index (χ0v) is 16.0. The van der Waals surface area contributed by atoms with E-state index >= 15 is 0 Å². The third-order valence-corrected chi connectivity index (χ3v) is 5.50. The largest absolute Gasteiger partial charge is 0.328 e. The summed E-state index contributed by atoms with van der Waals surface area (Å²) in [6, 6.07) is 17.2. The third-order valence-electron chi connectivity index (χ3n) is 5.50. The first kappa shape index (κ1) is 17.4. The summed E-state index contributed by atoms with van der Waals surface area (Å²) >= 11 is 0. The van der Waals surface area contributed by atoms with Crippen LogP contribution < -0.4 is 5.32 Å². The summed E-state index contributed by atoms with van der Waals surface area (Å²) in [5, 5.41) is 17.3. The molecule has 2 aliphatic rings. The molecule has 142 valence electrons. The van der Waals surface area contributed by atoms with Crippen LogP contribution in [0.2, 0.25) is 0 Å². The molecular formula is C23H19N5O. The first-order valence-corrected chi connectivity index (χ1v) is 9.71. The van der Waals surface area contributed by atoms with Crippen molar-refractivity contribution in [2.45, 2.75) is 32.2 Å². The van der Waals surface area contributed by atoms with E-state index in [1.165, 1.54) is 0 Å². The standard InChI is InChI=1S/C23H19N5O/c1-14-4-2-5-17(12-14)22-26-23-25-18-6-3-7-19(29)20(18)21(28(23)27-22)16-10-8-15(13-24)9-11-16/h2,4-5,8-12,21H,3,6-7H2,1H3,(H,25,26,27). The quantitative estimate of drug-likeness (QED) is 0.721. The molecular weight excluding hydrogens is 362 g/mol. The van der Waals surface area contributed by atoms with E-state index in [0.717, 1.165) is 40.8 Å². The number of aryl methyl sites for hydroxylation is 1. The number of carbonyl (C=O) groups is 1. The van der Waals surface area contributed by atoms with E-state index in [2.05, 4.69) is 17.5 Å².